The van der Waals surface area contributed by atoms with Gasteiger partial charge in [0.25, 0.3) is 0 Å². The molecule has 0 aliphatic carbocycles. The van der Waals surface area contributed by atoms with Crippen LogP contribution in [0.25, 0.3) is 0 Å². The van der Waals surface area contributed by atoms with E-state index in [1.54, 1.807) is 0 Å². The van der Waals surface area contributed by atoms with E-state index in [-0.39, 0.29) is 24.0 Å². The number of carbonyl (C=O) groups excluding carboxylic acids is 1. The third-order valence-electron chi connectivity index (χ3n) is 6.24. The zero-order valence-corrected chi connectivity index (χ0v) is 21.0. The Balaban J connectivity index is 0.00000272. The van der Waals surface area contributed by atoms with Gasteiger partial charge in [-0.1, -0.05) is 12.1 Å². The first-order valence-corrected chi connectivity index (χ1v) is 11.5. The van der Waals surface area contributed by atoms with Crippen LogP contribution in [0.4, 0.5) is 0 Å². The van der Waals surface area contributed by atoms with Crippen LogP contribution in [0.2, 0.25) is 0 Å². The van der Waals surface area contributed by atoms with Crippen LogP contribution < -0.4 is 10.1 Å². The van der Waals surface area contributed by atoms with Gasteiger partial charge in [0.1, 0.15) is 5.75 Å². The number of nitrogens with one attached hydrogen (secondary N) is 1. The van der Waals surface area contributed by atoms with Crippen molar-refractivity contribution in [2.24, 2.45) is 4.99 Å². The van der Waals surface area contributed by atoms with Gasteiger partial charge in [0.2, 0.25) is 5.91 Å². The van der Waals surface area contributed by atoms with Crippen LogP contribution in [-0.4, -0.2) is 92.1 Å². The fourth-order valence-corrected chi connectivity index (χ4v) is 4.49. The molecule has 1 amide bonds. The van der Waals surface area contributed by atoms with Crippen molar-refractivity contribution in [1.82, 2.24) is 20.0 Å². The predicted molar refractivity (Wildman–Crippen MR) is 135 cm³/mol. The van der Waals surface area contributed by atoms with Gasteiger partial charge in [-0.15, -0.1) is 24.0 Å². The maximum Gasteiger partial charge on any atom is 0.236 e. The molecule has 0 unspecified atom stereocenters. The molecule has 0 saturated carbocycles. The van der Waals surface area contributed by atoms with Crippen molar-refractivity contribution in [1.29, 1.82) is 0 Å². The van der Waals surface area contributed by atoms with Crippen LogP contribution in [0.1, 0.15) is 30.9 Å². The fourth-order valence-electron chi connectivity index (χ4n) is 4.49. The number of benzene rings is 1. The van der Waals surface area contributed by atoms with Crippen LogP contribution in [0.3, 0.4) is 0 Å². The molecule has 3 aliphatic rings. The molecule has 0 atom stereocenters. The molecular formula is C23H36IN5O2. The van der Waals surface area contributed by atoms with Gasteiger partial charge in [0.05, 0.1) is 13.2 Å². The quantitative estimate of drug-likeness (QED) is 0.339. The molecule has 31 heavy (non-hydrogen) atoms. The summed E-state index contributed by atoms with van der Waals surface area (Å²) in [5, 5.41) is 3.44. The number of aliphatic imine (C=N–C) groups is 1. The van der Waals surface area contributed by atoms with Gasteiger partial charge >= 0.3 is 0 Å². The molecular weight excluding hydrogens is 505 g/mol. The second kappa shape index (κ2) is 11.9. The van der Waals surface area contributed by atoms with Crippen LogP contribution >= 0.6 is 24.0 Å². The molecule has 2 saturated heterocycles. The molecule has 4 rings (SSSR count). The summed E-state index contributed by atoms with van der Waals surface area (Å²) in [4.78, 5) is 23.9. The molecule has 0 bridgehead atoms. The lowest BCUT2D eigenvalue weighted by Crippen LogP contribution is -2.54. The Morgan fingerprint density at radius 3 is 2.61 bits per heavy atom. The number of fused-ring (bicyclic) bond motifs is 1. The van der Waals surface area contributed by atoms with Crippen molar-refractivity contribution in [3.05, 3.63) is 29.3 Å². The van der Waals surface area contributed by atoms with Gasteiger partial charge < -0.3 is 19.9 Å². The number of piperazine rings is 1. The molecule has 1 aromatic carbocycles. The van der Waals surface area contributed by atoms with Gasteiger partial charge in [-0.3, -0.25) is 14.7 Å². The van der Waals surface area contributed by atoms with E-state index in [4.69, 9.17) is 9.73 Å². The highest BCUT2D eigenvalue weighted by Gasteiger charge is 2.24. The molecule has 1 aromatic rings. The lowest BCUT2D eigenvalue weighted by molar-refractivity contribution is -0.131. The predicted octanol–water partition coefficient (Wildman–Crippen LogP) is 1.99. The number of hydrogen-bond donors (Lipinski definition) is 1. The van der Waals surface area contributed by atoms with Gasteiger partial charge in [-0.2, -0.15) is 0 Å². The fraction of sp³-hybridized carbons (Fsp3) is 0.652. The van der Waals surface area contributed by atoms with E-state index in [1.165, 1.54) is 11.1 Å². The van der Waals surface area contributed by atoms with Gasteiger partial charge in [-0.25, -0.2) is 0 Å². The SMILES string of the molecule is CCNC(=NCCc1ccc2c(c1)CCO2)N1CCN(CC(=O)N2CCCC2)CC1.I. The van der Waals surface area contributed by atoms with Crippen LogP contribution in [-0.2, 0) is 17.6 Å². The Morgan fingerprint density at radius 2 is 1.87 bits per heavy atom. The molecule has 0 radical (unpaired) electrons. The van der Waals surface area contributed by atoms with E-state index in [1.807, 2.05) is 4.90 Å². The van der Waals surface area contributed by atoms with E-state index in [9.17, 15) is 4.79 Å². The number of ether oxygens (including phenoxy) is 1. The Morgan fingerprint density at radius 1 is 1.10 bits per heavy atom. The van der Waals surface area contributed by atoms with Crippen LogP contribution in [0.5, 0.6) is 5.75 Å². The van der Waals surface area contributed by atoms with Crippen molar-refractivity contribution < 1.29 is 9.53 Å². The first-order chi connectivity index (χ1) is 14.7. The topological polar surface area (TPSA) is 60.4 Å². The zero-order valence-electron chi connectivity index (χ0n) is 18.6. The summed E-state index contributed by atoms with van der Waals surface area (Å²) in [6.45, 7) is 10.6. The monoisotopic (exact) mass is 541 g/mol. The Hall–Kier alpha value is -1.55. The number of carbonyl (C=O) groups is 1. The second-order valence-electron chi connectivity index (χ2n) is 8.38. The number of nitrogens with zero attached hydrogens (tertiary/aromatic N) is 4. The van der Waals surface area contributed by atoms with E-state index in [2.05, 4.69) is 40.2 Å². The molecule has 7 nitrogen and oxygen atoms in total. The lowest BCUT2D eigenvalue weighted by Gasteiger charge is -2.36. The van der Waals surface area contributed by atoms with Crippen LogP contribution in [0.15, 0.2) is 23.2 Å². The standard InChI is InChI=1S/C23H35N5O2.HI/c1-2-24-23(25-9-7-19-5-6-21-20(17-19)8-16-30-21)28-14-12-26(13-15-28)18-22(29)27-10-3-4-11-27;/h5-6,17H,2-4,7-16,18H2,1H3,(H,24,25);1H. The molecule has 0 spiro atoms. The molecule has 172 valence electrons. The van der Waals surface area contributed by atoms with E-state index < -0.39 is 0 Å². The van der Waals surface area contributed by atoms with Crippen molar-refractivity contribution in [3.63, 3.8) is 0 Å². The maximum absolute atomic E-state index is 12.4. The Kier molecular flexibility index (Phi) is 9.25. The largest absolute Gasteiger partial charge is 0.493 e. The molecule has 3 heterocycles. The molecule has 0 aromatic heterocycles. The highest BCUT2D eigenvalue weighted by atomic mass is 127. The minimum Gasteiger partial charge on any atom is -0.493 e. The normalized spacial score (nSPS) is 19.1. The maximum atomic E-state index is 12.4. The number of amides is 1. The number of hydrogen-bond acceptors (Lipinski definition) is 4. The van der Waals surface area contributed by atoms with Crippen molar-refractivity contribution in [3.8, 4) is 5.75 Å². The summed E-state index contributed by atoms with van der Waals surface area (Å²) in [5.74, 6) is 2.32. The van der Waals surface area contributed by atoms with Crippen molar-refractivity contribution in [2.45, 2.75) is 32.6 Å². The molecule has 8 heteroatoms. The van der Waals surface area contributed by atoms with Crippen molar-refractivity contribution in [2.75, 3.05) is 65.5 Å². The summed E-state index contributed by atoms with van der Waals surface area (Å²) < 4.78 is 5.60. The summed E-state index contributed by atoms with van der Waals surface area (Å²) in [6, 6.07) is 6.51. The minimum absolute atomic E-state index is 0. The van der Waals surface area contributed by atoms with Gasteiger partial charge in [0.15, 0.2) is 5.96 Å². The minimum atomic E-state index is 0. The average molecular weight is 541 g/mol. The number of rotatable bonds is 6. The summed E-state index contributed by atoms with van der Waals surface area (Å²) in [5.41, 5.74) is 2.65. The molecule has 3 aliphatic heterocycles. The third-order valence-corrected chi connectivity index (χ3v) is 6.24. The first-order valence-electron chi connectivity index (χ1n) is 11.5. The number of guanidine groups is 1. The third kappa shape index (κ3) is 6.47. The zero-order chi connectivity index (χ0) is 20.8. The lowest BCUT2D eigenvalue weighted by atomic mass is 10.1. The first kappa shape index (κ1) is 24.1. The van der Waals surface area contributed by atoms with E-state index >= 15 is 0 Å². The van der Waals surface area contributed by atoms with Gasteiger partial charge in [-0.05, 0) is 43.4 Å². The van der Waals surface area contributed by atoms with Crippen LogP contribution in [0, 0.1) is 0 Å². The van der Waals surface area contributed by atoms with Gasteiger partial charge in [0, 0.05) is 58.8 Å². The second-order valence-corrected chi connectivity index (χ2v) is 8.38. The number of halogens is 1. The summed E-state index contributed by atoms with van der Waals surface area (Å²) >= 11 is 0. The average Bonchev–Trinajstić information content (AvgIpc) is 3.45. The summed E-state index contributed by atoms with van der Waals surface area (Å²) in [6.07, 6.45) is 4.26. The van der Waals surface area contributed by atoms with E-state index in [0.717, 1.165) is 96.4 Å². The number of likely N-dealkylation sites (tertiary alicyclic amines) is 1. The Labute approximate surface area is 203 Å². The molecule has 2 fully saturated rings. The van der Waals surface area contributed by atoms with E-state index in [0.29, 0.717) is 12.5 Å². The Bertz CT molecular complexity index is 758. The molecule has 1 N–H and O–H groups in total. The smallest absolute Gasteiger partial charge is 0.236 e. The highest BCUT2D eigenvalue weighted by molar-refractivity contribution is 14.0. The highest BCUT2D eigenvalue weighted by Crippen LogP contribution is 2.26. The van der Waals surface area contributed by atoms with Crippen molar-refractivity contribution >= 4 is 35.8 Å². The summed E-state index contributed by atoms with van der Waals surface area (Å²) in [7, 11) is 0.